The predicted octanol–water partition coefficient (Wildman–Crippen LogP) is 1.49. The average molecular weight is 320 g/mol. The van der Waals surface area contributed by atoms with E-state index in [-0.39, 0.29) is 17.6 Å². The van der Waals surface area contributed by atoms with Gasteiger partial charge in [-0.15, -0.1) is 0 Å². The molecule has 2 aliphatic heterocycles. The van der Waals surface area contributed by atoms with Gasteiger partial charge in [-0.25, -0.2) is 0 Å². The molecule has 1 aromatic heterocycles. The third kappa shape index (κ3) is 3.15. The molecule has 0 bridgehead atoms. The molecule has 128 valence electrons. The molecule has 2 unspecified atom stereocenters. The summed E-state index contributed by atoms with van der Waals surface area (Å²) in [6, 6.07) is 0.305. The van der Waals surface area contributed by atoms with Gasteiger partial charge < -0.3 is 9.64 Å². The topological polar surface area (TPSA) is 50.6 Å². The van der Waals surface area contributed by atoms with E-state index in [1.165, 1.54) is 0 Å². The molecular weight excluding hydrogens is 292 g/mol. The van der Waals surface area contributed by atoms with Crippen LogP contribution in [0.1, 0.15) is 43.2 Å². The van der Waals surface area contributed by atoms with Crippen LogP contribution in [0, 0.1) is 6.92 Å². The van der Waals surface area contributed by atoms with Crippen molar-refractivity contribution in [2.75, 3.05) is 33.3 Å². The van der Waals surface area contributed by atoms with Crippen molar-refractivity contribution >= 4 is 5.91 Å². The molecule has 0 spiro atoms. The maximum Gasteiger partial charge on any atom is 0.257 e. The van der Waals surface area contributed by atoms with Gasteiger partial charge in [0.05, 0.1) is 35.5 Å². The first-order valence-electron chi connectivity index (χ1n) is 8.45. The Kier molecular flexibility index (Phi) is 4.23. The van der Waals surface area contributed by atoms with Crippen molar-refractivity contribution < 1.29 is 9.53 Å². The maximum atomic E-state index is 13.0. The first-order chi connectivity index (χ1) is 10.8. The molecule has 1 aromatic rings. The van der Waals surface area contributed by atoms with Crippen LogP contribution in [0.4, 0.5) is 0 Å². The highest BCUT2D eigenvalue weighted by atomic mass is 16.5. The number of ether oxygens (including phenoxy) is 1. The zero-order valence-electron chi connectivity index (χ0n) is 14.9. The molecule has 0 aromatic carbocycles. The van der Waals surface area contributed by atoms with Crippen LogP contribution in [0.3, 0.4) is 0 Å². The molecule has 2 saturated heterocycles. The highest BCUT2D eigenvalue weighted by Gasteiger charge is 2.37. The second-order valence-corrected chi connectivity index (χ2v) is 7.74. The summed E-state index contributed by atoms with van der Waals surface area (Å²) < 4.78 is 7.75. The van der Waals surface area contributed by atoms with E-state index < -0.39 is 0 Å². The van der Waals surface area contributed by atoms with E-state index in [1.54, 1.807) is 0 Å². The number of nitrogens with zero attached hydrogens (tertiary/aromatic N) is 4. The van der Waals surface area contributed by atoms with Gasteiger partial charge >= 0.3 is 0 Å². The molecule has 23 heavy (non-hydrogen) atoms. The van der Waals surface area contributed by atoms with Crippen LogP contribution < -0.4 is 0 Å². The molecule has 6 nitrogen and oxygen atoms in total. The number of rotatable bonds is 1. The van der Waals surface area contributed by atoms with Crippen molar-refractivity contribution in [2.45, 2.75) is 51.8 Å². The molecule has 2 fully saturated rings. The Bertz CT molecular complexity index is 590. The number of hydrogen-bond donors (Lipinski definition) is 0. The lowest BCUT2D eigenvalue weighted by Crippen LogP contribution is -2.59. The molecule has 6 heteroatoms. The number of carbonyl (C=O) groups is 1. The fraction of sp³-hybridized carbons (Fsp3) is 0.765. The van der Waals surface area contributed by atoms with E-state index in [9.17, 15) is 4.79 Å². The Morgan fingerprint density at radius 2 is 2.09 bits per heavy atom. The second-order valence-electron chi connectivity index (χ2n) is 7.74. The standard InChI is InChI=1S/C17H28N4O2/c1-12-13(10-21(18-12)17(2,3)4)16(22)20-7-6-15-14(11-20)19(5)8-9-23-15/h10,14-15H,6-9,11H2,1-5H3. The summed E-state index contributed by atoms with van der Waals surface area (Å²) in [6.07, 6.45) is 3.06. The number of morpholine rings is 1. The lowest BCUT2D eigenvalue weighted by Gasteiger charge is -2.45. The number of fused-ring (bicyclic) bond motifs is 1. The fourth-order valence-electron chi connectivity index (χ4n) is 3.41. The zero-order chi connectivity index (χ0) is 16.8. The van der Waals surface area contributed by atoms with E-state index in [2.05, 4.69) is 37.8 Å². The number of likely N-dealkylation sites (tertiary alicyclic amines) is 1. The Morgan fingerprint density at radius 1 is 1.35 bits per heavy atom. The second kappa shape index (κ2) is 5.91. The predicted molar refractivity (Wildman–Crippen MR) is 88.6 cm³/mol. The first-order valence-corrected chi connectivity index (χ1v) is 8.45. The fourth-order valence-corrected chi connectivity index (χ4v) is 3.41. The largest absolute Gasteiger partial charge is 0.375 e. The Hall–Kier alpha value is -1.40. The minimum atomic E-state index is -0.117. The normalized spacial score (nSPS) is 26.2. The minimum absolute atomic E-state index is 0.0930. The van der Waals surface area contributed by atoms with Crippen LogP contribution >= 0.6 is 0 Å². The number of hydrogen-bond acceptors (Lipinski definition) is 4. The molecule has 2 aliphatic rings. The molecule has 1 amide bonds. The van der Waals surface area contributed by atoms with Crippen molar-refractivity contribution in [3.05, 3.63) is 17.5 Å². The first kappa shape index (κ1) is 16.5. The lowest BCUT2D eigenvalue weighted by molar-refractivity contribution is -0.0893. The number of amides is 1. The van der Waals surface area contributed by atoms with Gasteiger partial charge in [0.2, 0.25) is 0 Å². The summed E-state index contributed by atoms with van der Waals surface area (Å²) in [5, 5.41) is 4.53. The third-order valence-corrected chi connectivity index (χ3v) is 4.97. The summed E-state index contributed by atoms with van der Waals surface area (Å²) in [5.74, 6) is 0.0930. The van der Waals surface area contributed by atoms with Gasteiger partial charge in [-0.05, 0) is 41.2 Å². The van der Waals surface area contributed by atoms with E-state index in [1.807, 2.05) is 22.7 Å². The molecule has 3 heterocycles. The SMILES string of the molecule is Cc1nn(C(C)(C)C)cc1C(=O)N1CCC2OCCN(C)C2C1. The third-order valence-electron chi connectivity index (χ3n) is 4.97. The zero-order valence-corrected chi connectivity index (χ0v) is 14.9. The molecule has 0 aliphatic carbocycles. The summed E-state index contributed by atoms with van der Waals surface area (Å²) in [6.45, 7) is 11.4. The summed E-state index contributed by atoms with van der Waals surface area (Å²) in [5.41, 5.74) is 1.41. The number of likely N-dealkylation sites (N-methyl/N-ethyl adjacent to an activating group) is 1. The number of aryl methyl sites for hydroxylation is 1. The Balaban J connectivity index is 1.77. The van der Waals surface area contributed by atoms with Crippen LogP contribution in [-0.2, 0) is 10.3 Å². The van der Waals surface area contributed by atoms with Crippen molar-refractivity contribution in [1.29, 1.82) is 0 Å². The van der Waals surface area contributed by atoms with Gasteiger partial charge in [0.25, 0.3) is 5.91 Å². The summed E-state index contributed by atoms with van der Waals surface area (Å²) in [4.78, 5) is 17.2. The molecule has 0 N–H and O–H groups in total. The molecular formula is C17H28N4O2. The molecule has 2 atom stereocenters. The van der Waals surface area contributed by atoms with E-state index in [0.717, 1.165) is 43.9 Å². The van der Waals surface area contributed by atoms with Gasteiger partial charge in [0, 0.05) is 25.8 Å². The Labute approximate surface area is 138 Å². The maximum absolute atomic E-state index is 13.0. The summed E-state index contributed by atoms with van der Waals surface area (Å²) >= 11 is 0. The van der Waals surface area contributed by atoms with Crippen LogP contribution in [0.5, 0.6) is 0 Å². The minimum Gasteiger partial charge on any atom is -0.375 e. The van der Waals surface area contributed by atoms with Crippen molar-refractivity contribution in [2.24, 2.45) is 0 Å². The average Bonchev–Trinajstić information content (AvgIpc) is 2.89. The lowest BCUT2D eigenvalue weighted by atomic mass is 9.98. The quantitative estimate of drug-likeness (QED) is 0.787. The van der Waals surface area contributed by atoms with Crippen molar-refractivity contribution in [1.82, 2.24) is 19.6 Å². The van der Waals surface area contributed by atoms with Crippen molar-refractivity contribution in [3.63, 3.8) is 0 Å². The highest BCUT2D eigenvalue weighted by molar-refractivity contribution is 5.95. The van der Waals surface area contributed by atoms with Crippen LogP contribution in [0.25, 0.3) is 0 Å². The number of aromatic nitrogens is 2. The highest BCUT2D eigenvalue weighted by Crippen LogP contribution is 2.24. The van der Waals surface area contributed by atoms with E-state index >= 15 is 0 Å². The van der Waals surface area contributed by atoms with Crippen LogP contribution in [0.15, 0.2) is 6.20 Å². The van der Waals surface area contributed by atoms with E-state index in [0.29, 0.717) is 6.04 Å². The molecule has 0 radical (unpaired) electrons. The Morgan fingerprint density at radius 3 is 2.74 bits per heavy atom. The number of carbonyl (C=O) groups excluding carboxylic acids is 1. The van der Waals surface area contributed by atoms with Gasteiger partial charge in [-0.3, -0.25) is 14.4 Å². The number of piperidine rings is 1. The smallest absolute Gasteiger partial charge is 0.257 e. The monoisotopic (exact) mass is 320 g/mol. The van der Waals surface area contributed by atoms with Gasteiger partial charge in [-0.1, -0.05) is 0 Å². The summed E-state index contributed by atoms with van der Waals surface area (Å²) in [7, 11) is 2.12. The van der Waals surface area contributed by atoms with Crippen LogP contribution in [0.2, 0.25) is 0 Å². The van der Waals surface area contributed by atoms with Gasteiger partial charge in [0.15, 0.2) is 0 Å². The van der Waals surface area contributed by atoms with Crippen LogP contribution in [-0.4, -0.2) is 70.9 Å². The van der Waals surface area contributed by atoms with Gasteiger partial charge in [-0.2, -0.15) is 5.10 Å². The van der Waals surface area contributed by atoms with E-state index in [4.69, 9.17) is 4.74 Å². The van der Waals surface area contributed by atoms with Crippen molar-refractivity contribution in [3.8, 4) is 0 Å². The molecule has 0 saturated carbocycles. The molecule has 3 rings (SSSR count). The van der Waals surface area contributed by atoms with Gasteiger partial charge in [0.1, 0.15) is 0 Å².